The summed E-state index contributed by atoms with van der Waals surface area (Å²) in [7, 11) is -2.55. The first-order chi connectivity index (χ1) is 19.3. The fourth-order valence-corrected chi connectivity index (χ4v) is 5.90. The van der Waals surface area contributed by atoms with Gasteiger partial charge in [0.1, 0.15) is 18.3 Å². The fraction of sp³-hybridized carbons (Fsp3) is 0.375. The molecule has 3 rings (SSSR count). The second kappa shape index (κ2) is 13.2. The van der Waals surface area contributed by atoms with E-state index in [-0.39, 0.29) is 17.3 Å². The number of amides is 2. The maximum absolute atomic E-state index is 14.2. The van der Waals surface area contributed by atoms with Crippen LogP contribution in [0.25, 0.3) is 0 Å². The predicted octanol–water partition coefficient (Wildman–Crippen LogP) is 5.23. The van der Waals surface area contributed by atoms with Crippen LogP contribution < -0.4 is 14.4 Å². The molecule has 0 fully saturated rings. The van der Waals surface area contributed by atoms with Gasteiger partial charge >= 0.3 is 0 Å². The second-order valence-corrected chi connectivity index (χ2v) is 13.0. The van der Waals surface area contributed by atoms with Crippen LogP contribution in [0.2, 0.25) is 0 Å². The maximum atomic E-state index is 14.2. The molecule has 2 amide bonds. The minimum atomic E-state index is -4.11. The molecule has 1 atom stereocenters. The number of sulfonamides is 1. The summed E-state index contributed by atoms with van der Waals surface area (Å²) in [5, 5.41) is 2.98. The van der Waals surface area contributed by atoms with E-state index in [9.17, 15) is 18.0 Å². The molecule has 0 unspecified atom stereocenters. The molecule has 9 heteroatoms. The Morgan fingerprint density at radius 2 is 1.61 bits per heavy atom. The van der Waals surface area contributed by atoms with E-state index in [0.29, 0.717) is 17.9 Å². The quantitative estimate of drug-likeness (QED) is 0.336. The van der Waals surface area contributed by atoms with Gasteiger partial charge in [0, 0.05) is 12.1 Å². The van der Waals surface area contributed by atoms with Crippen LogP contribution in [-0.4, -0.2) is 50.4 Å². The summed E-state index contributed by atoms with van der Waals surface area (Å²) in [6.07, 6.45) is 0.340. The van der Waals surface area contributed by atoms with Crippen LogP contribution in [0, 0.1) is 13.8 Å². The first kappa shape index (κ1) is 31.7. The zero-order valence-corrected chi connectivity index (χ0v) is 25.8. The zero-order valence-electron chi connectivity index (χ0n) is 25.0. The van der Waals surface area contributed by atoms with Crippen LogP contribution in [0.5, 0.6) is 5.75 Å². The molecule has 0 heterocycles. The third kappa shape index (κ3) is 8.10. The molecule has 0 saturated heterocycles. The third-order valence-electron chi connectivity index (χ3n) is 6.76. The molecule has 0 aliphatic heterocycles. The Morgan fingerprint density at radius 3 is 2.20 bits per heavy atom. The van der Waals surface area contributed by atoms with Gasteiger partial charge < -0.3 is 15.0 Å². The number of anilines is 1. The SMILES string of the molecule is CC[C@H](C(=O)NC(C)(C)C)N(Cc1cccc(OC)c1)C(=O)CN(c1ccc(C)c(C)c1)S(=O)(=O)c1ccccc1. The van der Waals surface area contributed by atoms with Gasteiger partial charge in [0.25, 0.3) is 10.0 Å². The molecule has 0 saturated carbocycles. The highest BCUT2D eigenvalue weighted by molar-refractivity contribution is 7.92. The van der Waals surface area contributed by atoms with E-state index < -0.39 is 34.1 Å². The molecular formula is C32H41N3O5S. The number of ether oxygens (including phenoxy) is 1. The van der Waals surface area contributed by atoms with E-state index in [1.54, 1.807) is 49.6 Å². The molecule has 220 valence electrons. The average molecular weight is 580 g/mol. The highest BCUT2D eigenvalue weighted by Crippen LogP contribution is 2.27. The Hall–Kier alpha value is -3.85. The minimum Gasteiger partial charge on any atom is -0.497 e. The topological polar surface area (TPSA) is 96.0 Å². The molecule has 0 aromatic heterocycles. The number of aryl methyl sites for hydroxylation is 2. The van der Waals surface area contributed by atoms with Gasteiger partial charge in [-0.2, -0.15) is 0 Å². The second-order valence-electron chi connectivity index (χ2n) is 11.1. The third-order valence-corrected chi connectivity index (χ3v) is 8.55. The number of hydrogen-bond donors (Lipinski definition) is 1. The maximum Gasteiger partial charge on any atom is 0.264 e. The number of rotatable bonds is 11. The fourth-order valence-electron chi connectivity index (χ4n) is 4.47. The summed E-state index contributed by atoms with van der Waals surface area (Å²) in [4.78, 5) is 29.2. The summed E-state index contributed by atoms with van der Waals surface area (Å²) in [5.74, 6) is -0.188. The molecule has 0 bridgehead atoms. The Bertz CT molecular complexity index is 1470. The van der Waals surface area contributed by atoms with Gasteiger partial charge in [0.05, 0.1) is 17.7 Å². The van der Waals surface area contributed by atoms with E-state index in [1.807, 2.05) is 59.7 Å². The standard InChI is InChI=1S/C32H41N3O5S/c1-8-29(31(37)33-32(4,5)6)34(21-25-13-12-14-27(20-25)40-7)30(36)22-35(26-18-17-23(2)24(3)19-26)41(38,39)28-15-10-9-11-16-28/h9-20,29H,8,21-22H2,1-7H3,(H,33,37)/t29-/m1/s1. The van der Waals surface area contributed by atoms with E-state index >= 15 is 0 Å². The van der Waals surface area contributed by atoms with Crippen molar-refractivity contribution < 1.29 is 22.7 Å². The molecule has 0 aliphatic rings. The average Bonchev–Trinajstić information content (AvgIpc) is 2.92. The van der Waals surface area contributed by atoms with Crippen molar-refractivity contribution in [1.29, 1.82) is 0 Å². The summed E-state index contributed by atoms with van der Waals surface area (Å²) >= 11 is 0. The summed E-state index contributed by atoms with van der Waals surface area (Å²) in [5.41, 5.74) is 2.51. The number of nitrogens with zero attached hydrogens (tertiary/aromatic N) is 2. The molecule has 0 aliphatic carbocycles. The van der Waals surface area contributed by atoms with Gasteiger partial charge in [-0.15, -0.1) is 0 Å². The van der Waals surface area contributed by atoms with Crippen LogP contribution >= 0.6 is 0 Å². The number of carbonyl (C=O) groups is 2. The van der Waals surface area contributed by atoms with Crippen LogP contribution in [-0.2, 0) is 26.2 Å². The Morgan fingerprint density at radius 1 is 0.927 bits per heavy atom. The number of hydrogen-bond acceptors (Lipinski definition) is 5. The van der Waals surface area contributed by atoms with Gasteiger partial charge in [-0.1, -0.05) is 43.3 Å². The van der Waals surface area contributed by atoms with Gasteiger partial charge in [-0.05, 0) is 94.1 Å². The zero-order chi connectivity index (χ0) is 30.4. The van der Waals surface area contributed by atoms with Gasteiger partial charge in [-0.3, -0.25) is 13.9 Å². The van der Waals surface area contributed by atoms with E-state index in [1.165, 1.54) is 17.0 Å². The van der Waals surface area contributed by atoms with Crippen molar-refractivity contribution in [3.63, 3.8) is 0 Å². The number of carbonyl (C=O) groups excluding carboxylic acids is 2. The summed E-state index contributed by atoms with van der Waals surface area (Å²) in [6, 6.07) is 19.8. The van der Waals surface area contributed by atoms with Gasteiger partial charge in [-0.25, -0.2) is 8.42 Å². The highest BCUT2D eigenvalue weighted by atomic mass is 32.2. The van der Waals surface area contributed by atoms with Crippen molar-refractivity contribution in [2.24, 2.45) is 0 Å². The van der Waals surface area contributed by atoms with E-state index in [0.717, 1.165) is 21.0 Å². The van der Waals surface area contributed by atoms with Crippen LogP contribution in [0.4, 0.5) is 5.69 Å². The first-order valence-corrected chi connectivity index (χ1v) is 15.1. The molecule has 3 aromatic carbocycles. The van der Waals surface area contributed by atoms with Gasteiger partial charge in [0.2, 0.25) is 11.8 Å². The summed E-state index contributed by atoms with van der Waals surface area (Å²) in [6.45, 7) is 10.9. The lowest BCUT2D eigenvalue weighted by molar-refractivity contribution is -0.141. The van der Waals surface area contributed by atoms with Crippen molar-refractivity contribution in [2.75, 3.05) is 18.0 Å². The molecule has 0 radical (unpaired) electrons. The van der Waals surface area contributed by atoms with Crippen molar-refractivity contribution >= 4 is 27.5 Å². The number of benzene rings is 3. The largest absolute Gasteiger partial charge is 0.497 e. The molecule has 0 spiro atoms. The number of nitrogens with one attached hydrogen (secondary N) is 1. The van der Waals surface area contributed by atoms with E-state index in [4.69, 9.17) is 4.74 Å². The van der Waals surface area contributed by atoms with Crippen molar-refractivity contribution in [2.45, 2.75) is 71.0 Å². The van der Waals surface area contributed by atoms with Gasteiger partial charge in [0.15, 0.2) is 0 Å². The lowest BCUT2D eigenvalue weighted by Crippen LogP contribution is -2.55. The van der Waals surface area contributed by atoms with Crippen molar-refractivity contribution in [3.05, 3.63) is 89.5 Å². The highest BCUT2D eigenvalue weighted by Gasteiger charge is 2.34. The van der Waals surface area contributed by atoms with Crippen LogP contribution in [0.1, 0.15) is 50.8 Å². The van der Waals surface area contributed by atoms with Crippen molar-refractivity contribution in [3.8, 4) is 5.75 Å². The molecule has 8 nitrogen and oxygen atoms in total. The summed E-state index contributed by atoms with van der Waals surface area (Å²) < 4.78 is 34.4. The minimum absolute atomic E-state index is 0.0721. The lowest BCUT2D eigenvalue weighted by atomic mass is 10.1. The normalized spacial score (nSPS) is 12.4. The molecule has 1 N–H and O–H groups in total. The Kier molecular flexibility index (Phi) is 10.2. The Balaban J connectivity index is 2.09. The predicted molar refractivity (Wildman–Crippen MR) is 162 cm³/mol. The lowest BCUT2D eigenvalue weighted by Gasteiger charge is -2.35. The van der Waals surface area contributed by atoms with Crippen LogP contribution in [0.15, 0.2) is 77.7 Å². The van der Waals surface area contributed by atoms with E-state index in [2.05, 4.69) is 5.32 Å². The van der Waals surface area contributed by atoms with Crippen molar-refractivity contribution in [1.82, 2.24) is 10.2 Å². The Labute approximate surface area is 244 Å². The molecular weight excluding hydrogens is 538 g/mol. The molecule has 41 heavy (non-hydrogen) atoms. The number of methoxy groups -OCH3 is 1. The van der Waals surface area contributed by atoms with Crippen LogP contribution in [0.3, 0.4) is 0 Å². The first-order valence-electron chi connectivity index (χ1n) is 13.7. The smallest absolute Gasteiger partial charge is 0.264 e. The monoisotopic (exact) mass is 579 g/mol. The molecule has 3 aromatic rings.